The van der Waals surface area contributed by atoms with Gasteiger partial charge >= 0.3 is 6.03 Å². The molecule has 2 atom stereocenters. The SMILES string of the molecule is COCCN1C[C@@H](NC(=O)Nc2c(CO)c(COC)nn2-c2ccccc2)[C@H](c2ccc(F)c(F)c2)C1. The zero-order valence-electron chi connectivity index (χ0n) is 20.8. The maximum Gasteiger partial charge on any atom is 0.320 e. The van der Waals surface area contributed by atoms with Gasteiger partial charge in [-0.2, -0.15) is 5.10 Å². The number of ether oxygens (including phenoxy) is 2. The van der Waals surface area contributed by atoms with Gasteiger partial charge in [0.25, 0.3) is 0 Å². The van der Waals surface area contributed by atoms with E-state index in [1.165, 1.54) is 13.2 Å². The van der Waals surface area contributed by atoms with Crippen molar-refractivity contribution in [2.24, 2.45) is 0 Å². The van der Waals surface area contributed by atoms with Gasteiger partial charge in [-0.3, -0.25) is 10.2 Å². The average molecular weight is 516 g/mol. The highest BCUT2D eigenvalue weighted by atomic mass is 19.2. The number of aliphatic hydroxyl groups is 1. The summed E-state index contributed by atoms with van der Waals surface area (Å²) in [5, 5.41) is 20.4. The summed E-state index contributed by atoms with van der Waals surface area (Å²) in [7, 11) is 3.13. The highest BCUT2D eigenvalue weighted by molar-refractivity contribution is 5.90. The van der Waals surface area contributed by atoms with Gasteiger partial charge in [-0.05, 0) is 29.8 Å². The van der Waals surface area contributed by atoms with Crippen LogP contribution in [0.3, 0.4) is 0 Å². The maximum absolute atomic E-state index is 14.0. The number of carbonyl (C=O) groups is 1. The molecule has 11 heteroatoms. The van der Waals surface area contributed by atoms with Crippen LogP contribution in [0.1, 0.15) is 22.7 Å². The molecule has 2 heterocycles. The van der Waals surface area contributed by atoms with Crippen LogP contribution in [-0.2, 0) is 22.7 Å². The molecule has 1 aliphatic heterocycles. The Hall–Kier alpha value is -3.38. The smallest absolute Gasteiger partial charge is 0.320 e. The molecule has 1 aliphatic rings. The number of rotatable bonds is 10. The van der Waals surface area contributed by atoms with Crippen molar-refractivity contribution in [3.8, 4) is 5.69 Å². The minimum Gasteiger partial charge on any atom is -0.391 e. The highest BCUT2D eigenvalue weighted by Gasteiger charge is 2.35. The van der Waals surface area contributed by atoms with E-state index >= 15 is 0 Å². The third kappa shape index (κ3) is 6.13. The van der Waals surface area contributed by atoms with Crippen LogP contribution in [0.2, 0.25) is 0 Å². The van der Waals surface area contributed by atoms with Gasteiger partial charge in [0.1, 0.15) is 5.82 Å². The van der Waals surface area contributed by atoms with Crippen molar-refractivity contribution in [2.75, 3.05) is 45.8 Å². The summed E-state index contributed by atoms with van der Waals surface area (Å²) in [6.07, 6.45) is 0. The topological polar surface area (TPSA) is 101 Å². The minimum absolute atomic E-state index is 0.154. The van der Waals surface area contributed by atoms with Crippen LogP contribution in [0, 0.1) is 11.6 Å². The van der Waals surface area contributed by atoms with Crippen molar-refractivity contribution in [3.05, 3.63) is 77.0 Å². The average Bonchev–Trinajstić information content (AvgIpc) is 3.45. The van der Waals surface area contributed by atoms with E-state index in [9.17, 15) is 18.7 Å². The summed E-state index contributed by atoms with van der Waals surface area (Å²) < 4.78 is 39.5. The lowest BCUT2D eigenvalue weighted by atomic mass is 9.94. The molecule has 1 saturated heterocycles. The normalized spacial score (nSPS) is 17.8. The first-order valence-corrected chi connectivity index (χ1v) is 11.9. The van der Waals surface area contributed by atoms with Crippen LogP contribution in [0.15, 0.2) is 48.5 Å². The number of likely N-dealkylation sites (tertiary alicyclic amines) is 1. The Morgan fingerprint density at radius 3 is 2.57 bits per heavy atom. The summed E-state index contributed by atoms with van der Waals surface area (Å²) in [5.41, 5.74) is 2.22. The molecule has 2 amide bonds. The van der Waals surface area contributed by atoms with Crippen molar-refractivity contribution in [1.29, 1.82) is 0 Å². The number of amides is 2. The van der Waals surface area contributed by atoms with Crippen LogP contribution in [-0.4, -0.2) is 72.3 Å². The summed E-state index contributed by atoms with van der Waals surface area (Å²) in [6, 6.07) is 12.1. The van der Waals surface area contributed by atoms with Gasteiger partial charge in [-0.25, -0.2) is 18.3 Å². The molecular weight excluding hydrogens is 484 g/mol. The molecule has 4 rings (SSSR count). The minimum atomic E-state index is -0.930. The highest BCUT2D eigenvalue weighted by Crippen LogP contribution is 2.30. The Balaban J connectivity index is 1.59. The monoisotopic (exact) mass is 515 g/mol. The van der Waals surface area contributed by atoms with Gasteiger partial charge in [0.2, 0.25) is 0 Å². The lowest BCUT2D eigenvalue weighted by Gasteiger charge is -2.21. The number of anilines is 1. The van der Waals surface area contributed by atoms with Gasteiger partial charge in [0, 0.05) is 45.3 Å². The number of methoxy groups -OCH3 is 2. The Labute approximate surface area is 214 Å². The van der Waals surface area contributed by atoms with Crippen LogP contribution in [0.5, 0.6) is 0 Å². The maximum atomic E-state index is 14.0. The first-order valence-electron chi connectivity index (χ1n) is 11.9. The summed E-state index contributed by atoms with van der Waals surface area (Å²) >= 11 is 0. The van der Waals surface area contributed by atoms with Crippen LogP contribution < -0.4 is 10.6 Å². The summed E-state index contributed by atoms with van der Waals surface area (Å²) in [6.45, 7) is 1.98. The fourth-order valence-electron chi connectivity index (χ4n) is 4.63. The van der Waals surface area contributed by atoms with E-state index in [1.54, 1.807) is 17.9 Å². The second-order valence-electron chi connectivity index (χ2n) is 8.85. The fourth-order valence-corrected chi connectivity index (χ4v) is 4.63. The number of aliphatic hydroxyl groups excluding tert-OH is 1. The first kappa shape index (κ1) is 26.7. The standard InChI is InChI=1S/C26H31F2N5O4/c1-36-11-10-32-13-19(17-8-9-21(27)22(28)12-17)23(14-32)29-26(35)30-25-20(15-34)24(16-37-2)31-33(25)18-6-4-3-5-7-18/h3-9,12,19,23,34H,10-11,13-16H2,1-2H3,(H2,29,30,35)/t19-,23+/m0/s1. The van der Waals surface area contributed by atoms with Gasteiger partial charge in [0.05, 0.1) is 37.2 Å². The van der Waals surface area contributed by atoms with Crippen molar-refractivity contribution in [3.63, 3.8) is 0 Å². The molecule has 3 N–H and O–H groups in total. The predicted octanol–water partition coefficient (Wildman–Crippen LogP) is 3.03. The Bertz CT molecular complexity index is 1210. The summed E-state index contributed by atoms with van der Waals surface area (Å²) in [4.78, 5) is 15.4. The number of benzene rings is 2. The van der Waals surface area contributed by atoms with E-state index < -0.39 is 17.7 Å². The van der Waals surface area contributed by atoms with E-state index in [1.807, 2.05) is 30.3 Å². The first-order chi connectivity index (χ1) is 17.9. The molecule has 0 radical (unpaired) electrons. The number of carbonyl (C=O) groups excluding carboxylic acids is 1. The van der Waals surface area contributed by atoms with Crippen molar-refractivity contribution in [2.45, 2.75) is 25.2 Å². The molecule has 198 valence electrons. The Kier molecular flexibility index (Phi) is 8.82. The third-order valence-electron chi connectivity index (χ3n) is 6.43. The van der Waals surface area contributed by atoms with Crippen molar-refractivity contribution < 1.29 is 28.2 Å². The van der Waals surface area contributed by atoms with E-state index in [4.69, 9.17) is 9.47 Å². The number of urea groups is 1. The van der Waals surface area contributed by atoms with Crippen LogP contribution >= 0.6 is 0 Å². The molecule has 0 saturated carbocycles. The summed E-state index contributed by atoms with van der Waals surface area (Å²) in [5.74, 6) is -1.80. The molecule has 0 spiro atoms. The van der Waals surface area contributed by atoms with Crippen molar-refractivity contribution in [1.82, 2.24) is 20.0 Å². The van der Waals surface area contributed by atoms with Gasteiger partial charge < -0.3 is 19.9 Å². The van der Waals surface area contributed by atoms with E-state index in [0.717, 1.165) is 6.07 Å². The van der Waals surface area contributed by atoms with Gasteiger partial charge in [-0.15, -0.1) is 0 Å². The quantitative estimate of drug-likeness (QED) is 0.384. The third-order valence-corrected chi connectivity index (χ3v) is 6.43. The second-order valence-corrected chi connectivity index (χ2v) is 8.85. The van der Waals surface area contributed by atoms with E-state index in [-0.39, 0.29) is 25.2 Å². The molecular formula is C26H31F2N5O4. The molecule has 0 unspecified atom stereocenters. The molecule has 1 aromatic heterocycles. The zero-order valence-corrected chi connectivity index (χ0v) is 20.8. The molecule has 0 bridgehead atoms. The van der Waals surface area contributed by atoms with Gasteiger partial charge in [-0.1, -0.05) is 24.3 Å². The Morgan fingerprint density at radius 2 is 1.89 bits per heavy atom. The number of para-hydroxylation sites is 1. The molecule has 9 nitrogen and oxygen atoms in total. The fraction of sp³-hybridized carbons (Fsp3) is 0.385. The molecule has 2 aromatic carbocycles. The number of hydrogen-bond donors (Lipinski definition) is 3. The number of halogens is 2. The molecule has 1 fully saturated rings. The number of nitrogens with zero attached hydrogens (tertiary/aromatic N) is 3. The molecule has 3 aromatic rings. The zero-order chi connectivity index (χ0) is 26.4. The van der Waals surface area contributed by atoms with Crippen LogP contribution in [0.4, 0.5) is 19.4 Å². The number of hydrogen-bond acceptors (Lipinski definition) is 6. The Morgan fingerprint density at radius 1 is 1.11 bits per heavy atom. The lowest BCUT2D eigenvalue weighted by Crippen LogP contribution is -2.42. The molecule has 37 heavy (non-hydrogen) atoms. The predicted molar refractivity (Wildman–Crippen MR) is 134 cm³/mol. The number of nitrogens with one attached hydrogen (secondary N) is 2. The van der Waals surface area contributed by atoms with E-state index in [0.29, 0.717) is 54.6 Å². The molecule has 0 aliphatic carbocycles. The largest absolute Gasteiger partial charge is 0.391 e. The van der Waals surface area contributed by atoms with Gasteiger partial charge in [0.15, 0.2) is 11.6 Å². The van der Waals surface area contributed by atoms with E-state index in [2.05, 4.69) is 20.6 Å². The lowest BCUT2D eigenvalue weighted by molar-refractivity contribution is 0.159. The van der Waals surface area contributed by atoms with Crippen LogP contribution in [0.25, 0.3) is 5.69 Å². The van der Waals surface area contributed by atoms with Crippen molar-refractivity contribution >= 4 is 11.8 Å². The second kappa shape index (κ2) is 12.2. The number of aromatic nitrogens is 2.